The van der Waals surface area contributed by atoms with Crippen LogP contribution in [-0.4, -0.2) is 49.8 Å². The number of carbonyl (C=O) groups excluding carboxylic acids is 1. The first-order chi connectivity index (χ1) is 5.91. The number of carbonyl (C=O) groups is 2. The maximum absolute atomic E-state index is 10.1. The van der Waals surface area contributed by atoms with Crippen molar-refractivity contribution in [2.45, 2.75) is 19.4 Å². The van der Waals surface area contributed by atoms with Gasteiger partial charge in [-0.15, -0.1) is 0 Å². The maximum atomic E-state index is 10.1. The van der Waals surface area contributed by atoms with Crippen LogP contribution in [0.15, 0.2) is 0 Å². The van der Waals surface area contributed by atoms with Gasteiger partial charge in [-0.2, -0.15) is 11.8 Å². The molecule has 0 aliphatic rings. The fourth-order valence-corrected chi connectivity index (χ4v) is 0.858. The normalized spacial score (nSPS) is 11.0. The number of nitrogens with two attached hydrogens (primary N) is 1. The van der Waals surface area contributed by atoms with E-state index in [0.717, 1.165) is 5.75 Å². The quantitative estimate of drug-likeness (QED) is 0.695. The maximum Gasteiger partial charge on any atom is 0.320 e. The molecule has 77 valence electrons. The largest absolute Gasteiger partial charge is 0.480 e. The van der Waals surface area contributed by atoms with E-state index in [9.17, 15) is 9.59 Å². The van der Waals surface area contributed by atoms with Gasteiger partial charge in [0.15, 0.2) is 0 Å². The summed E-state index contributed by atoms with van der Waals surface area (Å²) in [6.45, 7) is 1.47. The molecule has 0 aliphatic heterocycles. The van der Waals surface area contributed by atoms with Crippen LogP contribution < -0.4 is 5.73 Å². The molecule has 0 aromatic heterocycles. The molecular weight excluding hydrogens is 257 g/mol. The molecule has 1 radical (unpaired) electrons. The van der Waals surface area contributed by atoms with E-state index >= 15 is 0 Å². The molecule has 0 rings (SSSR count). The van der Waals surface area contributed by atoms with Gasteiger partial charge in [0.25, 0.3) is 0 Å². The van der Waals surface area contributed by atoms with Crippen LogP contribution in [0.5, 0.6) is 0 Å². The first-order valence-corrected chi connectivity index (χ1v) is 5.81. The van der Waals surface area contributed by atoms with Gasteiger partial charge < -0.3 is 10.8 Å². The minimum absolute atomic E-state index is 0.0417. The summed E-state index contributed by atoms with van der Waals surface area (Å²) in [4.78, 5) is 19.5. The molecule has 0 fully saturated rings. The average molecular weight is 271 g/mol. The summed E-state index contributed by atoms with van der Waals surface area (Å²) in [7, 11) is 0. The molecule has 0 unspecified atom stereocenters. The minimum Gasteiger partial charge on any atom is -0.480 e. The third-order valence-corrected chi connectivity index (χ3v) is 1.59. The van der Waals surface area contributed by atoms with E-state index in [2.05, 4.69) is 16.0 Å². The van der Waals surface area contributed by atoms with Crippen LogP contribution >= 0.6 is 11.8 Å². The Balaban J connectivity index is 0. The SMILES string of the molecule is CC(=O)[Se].CSCC[C@H](N)C(=O)O. The van der Waals surface area contributed by atoms with Crippen LogP contribution in [0.4, 0.5) is 0 Å². The molecule has 1 atom stereocenters. The number of thioether (sulfide) groups is 1. The van der Waals surface area contributed by atoms with Crippen molar-refractivity contribution in [1.29, 1.82) is 0 Å². The Morgan fingerprint density at radius 3 is 2.23 bits per heavy atom. The Kier molecular flexibility index (Phi) is 11.9. The van der Waals surface area contributed by atoms with Gasteiger partial charge in [0, 0.05) is 0 Å². The third-order valence-electron chi connectivity index (χ3n) is 0.950. The second-order valence-corrected chi connectivity index (χ2v) is 4.41. The molecular formula is C7H14NO3SSe. The van der Waals surface area contributed by atoms with Crippen molar-refractivity contribution in [3.8, 4) is 0 Å². The van der Waals surface area contributed by atoms with Crippen molar-refractivity contribution in [3.05, 3.63) is 0 Å². The number of aliphatic carboxylic acids is 1. The second-order valence-electron chi connectivity index (χ2n) is 2.22. The van der Waals surface area contributed by atoms with Crippen molar-refractivity contribution >= 4 is 38.4 Å². The zero-order valence-corrected chi connectivity index (χ0v) is 10.2. The smallest absolute Gasteiger partial charge is 0.320 e. The topological polar surface area (TPSA) is 80.4 Å². The molecule has 3 N–H and O–H groups in total. The van der Waals surface area contributed by atoms with Crippen LogP contribution in [0.2, 0.25) is 0 Å². The van der Waals surface area contributed by atoms with Crippen LogP contribution in [0.3, 0.4) is 0 Å². The van der Waals surface area contributed by atoms with E-state index in [0.29, 0.717) is 6.42 Å². The van der Waals surface area contributed by atoms with E-state index in [1.54, 1.807) is 11.8 Å². The molecule has 0 aliphatic carbocycles. The molecule has 0 amide bonds. The summed E-state index contributed by atoms with van der Waals surface area (Å²) in [5.41, 5.74) is 5.19. The first kappa shape index (κ1) is 15.4. The van der Waals surface area contributed by atoms with Gasteiger partial charge in [0.05, 0.1) is 0 Å². The molecule has 0 saturated heterocycles. The van der Waals surface area contributed by atoms with Gasteiger partial charge in [0.2, 0.25) is 0 Å². The van der Waals surface area contributed by atoms with Gasteiger partial charge in [0.1, 0.15) is 6.04 Å². The minimum atomic E-state index is -0.913. The second kappa shape index (κ2) is 10.1. The van der Waals surface area contributed by atoms with Gasteiger partial charge in [-0.25, -0.2) is 0 Å². The Bertz CT molecular complexity index is 162. The van der Waals surface area contributed by atoms with Gasteiger partial charge >= 0.3 is 38.4 Å². The van der Waals surface area contributed by atoms with Gasteiger partial charge in [-0.3, -0.25) is 4.79 Å². The Morgan fingerprint density at radius 1 is 1.62 bits per heavy atom. The zero-order valence-electron chi connectivity index (χ0n) is 7.65. The number of hydrogen-bond acceptors (Lipinski definition) is 4. The van der Waals surface area contributed by atoms with Crippen LogP contribution in [-0.2, 0) is 9.59 Å². The molecule has 0 saturated carbocycles. The molecule has 13 heavy (non-hydrogen) atoms. The zero-order chi connectivity index (χ0) is 10.9. The Labute approximate surface area is 90.5 Å². The average Bonchev–Trinajstić information content (AvgIpc) is 1.98. The monoisotopic (exact) mass is 272 g/mol. The van der Waals surface area contributed by atoms with Crippen molar-refractivity contribution in [2.75, 3.05) is 12.0 Å². The molecule has 0 spiro atoms. The van der Waals surface area contributed by atoms with E-state index < -0.39 is 12.0 Å². The first-order valence-electron chi connectivity index (χ1n) is 3.56. The molecule has 0 heterocycles. The molecule has 0 bridgehead atoms. The van der Waals surface area contributed by atoms with E-state index in [4.69, 9.17) is 10.8 Å². The summed E-state index contributed by atoms with van der Waals surface area (Å²) < 4.78 is 0.0417. The van der Waals surface area contributed by atoms with Crippen molar-refractivity contribution < 1.29 is 14.7 Å². The Morgan fingerprint density at radius 2 is 2.00 bits per heavy atom. The van der Waals surface area contributed by atoms with Gasteiger partial charge in [-0.1, -0.05) is 0 Å². The van der Waals surface area contributed by atoms with E-state index in [-0.39, 0.29) is 4.68 Å². The van der Waals surface area contributed by atoms with Gasteiger partial charge in [-0.05, 0) is 18.4 Å². The van der Waals surface area contributed by atoms with Crippen LogP contribution in [0, 0.1) is 0 Å². The third kappa shape index (κ3) is 18.7. The summed E-state index contributed by atoms with van der Waals surface area (Å²) >= 11 is 3.87. The summed E-state index contributed by atoms with van der Waals surface area (Å²) in [5.74, 6) is -0.1000. The fourth-order valence-electron chi connectivity index (χ4n) is 0.368. The predicted molar refractivity (Wildman–Crippen MR) is 55.0 cm³/mol. The summed E-state index contributed by atoms with van der Waals surface area (Å²) in [6.07, 6.45) is 2.48. The predicted octanol–water partition coefficient (Wildman–Crippen LogP) is -0.147. The standard InChI is InChI=1S/C5H11NO2S.C2H3OSe/c1-9-3-2-4(6)5(7)8;1-2(3)4/h4H,2-3,6H2,1H3,(H,7,8);1H3/t4-;/m0./s1. The van der Waals surface area contributed by atoms with Crippen molar-refractivity contribution in [3.63, 3.8) is 0 Å². The summed E-state index contributed by atoms with van der Waals surface area (Å²) in [6, 6.07) is -0.683. The number of carboxylic acids is 1. The Hall–Kier alpha value is -0.0305. The molecule has 0 aromatic rings. The number of hydrogen-bond donors (Lipinski definition) is 2. The summed E-state index contributed by atoms with van der Waals surface area (Å²) in [5, 5.41) is 8.27. The molecule has 6 heteroatoms. The molecule has 4 nitrogen and oxygen atoms in total. The van der Waals surface area contributed by atoms with E-state index in [1.165, 1.54) is 6.92 Å². The number of carboxylic acid groups (broad SMARTS) is 1. The van der Waals surface area contributed by atoms with E-state index in [1.807, 2.05) is 6.26 Å². The number of rotatable bonds is 4. The molecule has 0 aromatic carbocycles. The fraction of sp³-hybridized carbons (Fsp3) is 0.714. The van der Waals surface area contributed by atoms with Crippen molar-refractivity contribution in [2.24, 2.45) is 5.73 Å². The van der Waals surface area contributed by atoms with Crippen LogP contribution in [0.1, 0.15) is 13.3 Å². The van der Waals surface area contributed by atoms with Crippen molar-refractivity contribution in [1.82, 2.24) is 0 Å². The van der Waals surface area contributed by atoms with Crippen LogP contribution in [0.25, 0.3) is 0 Å².